The van der Waals surface area contributed by atoms with Gasteiger partial charge < -0.3 is 25.8 Å². The summed E-state index contributed by atoms with van der Waals surface area (Å²) in [5.74, 6) is 1.22. The second-order valence-electron chi connectivity index (χ2n) is 9.00. The van der Waals surface area contributed by atoms with Gasteiger partial charge in [-0.1, -0.05) is 30.3 Å². The molecule has 1 heterocycles. The largest absolute Gasteiger partial charge is 0.506 e. The fourth-order valence-electron chi connectivity index (χ4n) is 4.38. The molecule has 0 saturated carbocycles. The number of rotatable bonds is 10. The molecule has 2 unspecified atom stereocenters. The lowest BCUT2D eigenvalue weighted by Gasteiger charge is -2.39. The van der Waals surface area contributed by atoms with Crippen LogP contribution in [0.3, 0.4) is 0 Å². The number of phenolic OH excluding ortho intramolecular Hbond substituents is 1. The number of carbonyl (C=O) groups excluding carboxylic acids is 2. The van der Waals surface area contributed by atoms with Crippen molar-refractivity contribution in [1.82, 2.24) is 10.2 Å². The Kier molecular flexibility index (Phi) is 9.23. The Morgan fingerprint density at radius 2 is 1.57 bits per heavy atom. The summed E-state index contributed by atoms with van der Waals surface area (Å²) in [6, 6.07) is 19.3. The van der Waals surface area contributed by atoms with Crippen LogP contribution in [0.15, 0.2) is 75.7 Å². The highest BCUT2D eigenvalue weighted by Crippen LogP contribution is 2.34. The van der Waals surface area contributed by atoms with Crippen molar-refractivity contribution in [2.45, 2.75) is 44.3 Å². The molecular weight excluding hydrogens is 602 g/mol. The van der Waals surface area contributed by atoms with Crippen LogP contribution in [0, 0.1) is 0 Å². The van der Waals surface area contributed by atoms with Gasteiger partial charge in [0.2, 0.25) is 11.8 Å². The molecule has 1 fully saturated rings. The first-order chi connectivity index (χ1) is 17.9. The molecule has 0 aliphatic carbocycles. The predicted octanol–water partition coefficient (Wildman–Crippen LogP) is 5.28. The van der Waals surface area contributed by atoms with Crippen molar-refractivity contribution in [2.75, 3.05) is 6.54 Å². The van der Waals surface area contributed by atoms with E-state index in [1.165, 1.54) is 0 Å². The van der Waals surface area contributed by atoms with Gasteiger partial charge in [0.05, 0.1) is 8.95 Å². The summed E-state index contributed by atoms with van der Waals surface area (Å²) < 4.78 is 6.91. The zero-order valence-corrected chi connectivity index (χ0v) is 23.4. The zero-order valence-electron chi connectivity index (χ0n) is 20.2. The van der Waals surface area contributed by atoms with Crippen LogP contribution in [0.25, 0.3) is 0 Å². The van der Waals surface area contributed by atoms with E-state index in [9.17, 15) is 14.7 Å². The van der Waals surface area contributed by atoms with Gasteiger partial charge in [0.1, 0.15) is 29.3 Å². The number of piperazine rings is 1. The molecule has 2 atom stereocenters. The molecule has 4 N–H and O–H groups in total. The molecule has 0 bridgehead atoms. The van der Waals surface area contributed by atoms with Gasteiger partial charge in [-0.05, 0) is 105 Å². The highest BCUT2D eigenvalue weighted by molar-refractivity contribution is 9.11. The SMILES string of the molecule is NCCCCC1C(=O)NC(Cc2cc(Br)c(O)c(Br)c2)C(=O)N1Cc1ccc(Oc2ccccc2)cc1. The summed E-state index contributed by atoms with van der Waals surface area (Å²) in [6.45, 7) is 0.850. The standard InChI is InChI=1S/C28H29Br2N3O4/c29-22-14-19(15-23(30)26(22)34)16-24-28(36)33(25(27(35)32-24)8-4-5-13-31)17-18-9-11-21(12-10-18)37-20-6-2-1-3-7-20/h1-3,6-7,9-12,14-15,24-25,34H,4-5,8,13,16-17,31H2,(H,32,35). The molecule has 0 radical (unpaired) electrons. The first-order valence-electron chi connectivity index (χ1n) is 12.2. The monoisotopic (exact) mass is 629 g/mol. The van der Waals surface area contributed by atoms with E-state index >= 15 is 0 Å². The summed E-state index contributed by atoms with van der Waals surface area (Å²) in [6.07, 6.45) is 2.39. The molecule has 3 aromatic rings. The number of ether oxygens (including phenoxy) is 1. The van der Waals surface area contributed by atoms with E-state index < -0.39 is 12.1 Å². The number of amides is 2. The average Bonchev–Trinajstić information content (AvgIpc) is 2.89. The minimum absolute atomic E-state index is 0.0871. The van der Waals surface area contributed by atoms with E-state index in [4.69, 9.17) is 10.5 Å². The Bertz CT molecular complexity index is 1210. The number of nitrogens with zero attached hydrogens (tertiary/aromatic N) is 1. The van der Waals surface area contributed by atoms with E-state index in [2.05, 4.69) is 37.2 Å². The Balaban J connectivity index is 1.52. The van der Waals surface area contributed by atoms with Crippen LogP contribution >= 0.6 is 31.9 Å². The van der Waals surface area contributed by atoms with Gasteiger partial charge in [-0.15, -0.1) is 0 Å². The van der Waals surface area contributed by atoms with Crippen LogP contribution in [0.2, 0.25) is 0 Å². The van der Waals surface area contributed by atoms with Crippen LogP contribution < -0.4 is 15.8 Å². The third-order valence-electron chi connectivity index (χ3n) is 6.28. The number of carbonyl (C=O) groups is 2. The minimum atomic E-state index is -0.706. The maximum absolute atomic E-state index is 13.7. The summed E-state index contributed by atoms with van der Waals surface area (Å²) >= 11 is 6.67. The molecule has 7 nitrogen and oxygen atoms in total. The number of unbranched alkanes of at least 4 members (excludes halogenated alkanes) is 1. The number of hydrogen-bond donors (Lipinski definition) is 3. The van der Waals surface area contributed by atoms with Gasteiger partial charge in [-0.2, -0.15) is 0 Å². The van der Waals surface area contributed by atoms with Gasteiger partial charge in [-0.3, -0.25) is 9.59 Å². The number of halogens is 2. The highest BCUT2D eigenvalue weighted by Gasteiger charge is 2.40. The first kappa shape index (κ1) is 27.2. The maximum Gasteiger partial charge on any atom is 0.246 e. The fraction of sp³-hybridized carbons (Fsp3) is 0.286. The van der Waals surface area contributed by atoms with Gasteiger partial charge in [0, 0.05) is 13.0 Å². The molecule has 1 aliphatic rings. The normalized spacial score (nSPS) is 17.5. The lowest BCUT2D eigenvalue weighted by Crippen LogP contribution is -2.63. The lowest BCUT2D eigenvalue weighted by atomic mass is 9.97. The van der Waals surface area contributed by atoms with Crippen molar-refractivity contribution in [2.24, 2.45) is 5.73 Å². The average molecular weight is 631 g/mol. The Labute approximate surface area is 233 Å². The summed E-state index contributed by atoms with van der Waals surface area (Å²) in [5, 5.41) is 12.9. The molecule has 37 heavy (non-hydrogen) atoms. The summed E-state index contributed by atoms with van der Waals surface area (Å²) in [7, 11) is 0. The number of benzene rings is 3. The third kappa shape index (κ3) is 6.91. The molecular formula is C28H29Br2N3O4. The Morgan fingerprint density at radius 1 is 0.919 bits per heavy atom. The van der Waals surface area contributed by atoms with Crippen molar-refractivity contribution >= 4 is 43.7 Å². The zero-order chi connectivity index (χ0) is 26.4. The van der Waals surface area contributed by atoms with Crippen molar-refractivity contribution < 1.29 is 19.4 Å². The lowest BCUT2D eigenvalue weighted by molar-refractivity contribution is -0.150. The summed E-state index contributed by atoms with van der Waals surface area (Å²) in [4.78, 5) is 28.5. The van der Waals surface area contributed by atoms with E-state index in [-0.39, 0.29) is 17.6 Å². The van der Waals surface area contributed by atoms with Gasteiger partial charge in [-0.25, -0.2) is 0 Å². The number of phenols is 1. The van der Waals surface area contributed by atoms with Crippen LogP contribution in [-0.4, -0.2) is 40.4 Å². The molecule has 3 aromatic carbocycles. The van der Waals surface area contributed by atoms with E-state index in [0.717, 1.165) is 29.7 Å². The van der Waals surface area contributed by atoms with Gasteiger partial charge >= 0.3 is 0 Å². The van der Waals surface area contributed by atoms with Crippen LogP contribution in [0.5, 0.6) is 17.2 Å². The number of nitrogens with two attached hydrogens (primary N) is 1. The van der Waals surface area contributed by atoms with E-state index in [0.29, 0.717) is 40.6 Å². The van der Waals surface area contributed by atoms with Crippen molar-refractivity contribution in [3.63, 3.8) is 0 Å². The maximum atomic E-state index is 13.7. The molecule has 4 rings (SSSR count). The topological polar surface area (TPSA) is 105 Å². The summed E-state index contributed by atoms with van der Waals surface area (Å²) in [5.41, 5.74) is 7.37. The molecule has 0 aromatic heterocycles. The van der Waals surface area contributed by atoms with E-state index in [1.807, 2.05) is 54.6 Å². The van der Waals surface area contributed by atoms with Crippen LogP contribution in [0.4, 0.5) is 0 Å². The minimum Gasteiger partial charge on any atom is -0.506 e. The second-order valence-corrected chi connectivity index (χ2v) is 10.7. The third-order valence-corrected chi connectivity index (χ3v) is 7.49. The predicted molar refractivity (Wildman–Crippen MR) is 149 cm³/mol. The Morgan fingerprint density at radius 3 is 2.22 bits per heavy atom. The number of nitrogens with one attached hydrogen (secondary N) is 1. The van der Waals surface area contributed by atoms with Crippen molar-refractivity contribution in [3.8, 4) is 17.2 Å². The van der Waals surface area contributed by atoms with Gasteiger partial charge in [0.25, 0.3) is 0 Å². The number of aromatic hydroxyl groups is 1. The Hall–Kier alpha value is -2.88. The molecule has 194 valence electrons. The highest BCUT2D eigenvalue weighted by atomic mass is 79.9. The number of hydrogen-bond acceptors (Lipinski definition) is 5. The van der Waals surface area contributed by atoms with Crippen LogP contribution in [-0.2, 0) is 22.6 Å². The second kappa shape index (κ2) is 12.6. The molecule has 1 aliphatic heterocycles. The number of para-hydroxylation sites is 1. The smallest absolute Gasteiger partial charge is 0.246 e. The van der Waals surface area contributed by atoms with Crippen LogP contribution in [0.1, 0.15) is 30.4 Å². The van der Waals surface area contributed by atoms with E-state index in [1.54, 1.807) is 17.0 Å². The quantitative estimate of drug-likeness (QED) is 0.265. The van der Waals surface area contributed by atoms with Gasteiger partial charge in [0.15, 0.2) is 0 Å². The molecule has 1 saturated heterocycles. The molecule has 0 spiro atoms. The first-order valence-corrected chi connectivity index (χ1v) is 13.7. The van der Waals surface area contributed by atoms with Crippen molar-refractivity contribution in [3.05, 3.63) is 86.8 Å². The fourth-order valence-corrected chi connectivity index (χ4v) is 5.66. The van der Waals surface area contributed by atoms with Crippen molar-refractivity contribution in [1.29, 1.82) is 0 Å². The molecule has 2 amide bonds. The molecule has 9 heteroatoms.